The molecular weight excluding hydrogens is 663 g/mol. The molecule has 11 nitrogen and oxygen atoms in total. The Hall–Kier alpha value is -4.04. The van der Waals surface area contributed by atoms with Crippen molar-refractivity contribution in [3.8, 4) is 17.1 Å². The lowest BCUT2D eigenvalue weighted by molar-refractivity contribution is -0.138. The van der Waals surface area contributed by atoms with Crippen LogP contribution in [0.25, 0.3) is 11.4 Å². The summed E-state index contributed by atoms with van der Waals surface area (Å²) in [5.74, 6) is 0.0893. The van der Waals surface area contributed by atoms with Gasteiger partial charge in [0.05, 0.1) is 16.6 Å². The molecule has 0 unspecified atom stereocenters. The topological polar surface area (TPSA) is 136 Å². The molecule has 3 aromatic rings. The van der Waals surface area contributed by atoms with Gasteiger partial charge in [-0.1, -0.05) is 41.9 Å². The monoisotopic (exact) mass is 703 g/mol. The van der Waals surface area contributed by atoms with E-state index in [2.05, 4.69) is 20.7 Å². The number of benzene rings is 2. The van der Waals surface area contributed by atoms with Gasteiger partial charge in [0.1, 0.15) is 11.8 Å². The molecule has 49 heavy (non-hydrogen) atoms. The Morgan fingerprint density at radius 3 is 2.24 bits per heavy atom. The number of phenolic OH excluding ortho intramolecular Hbond substituents is 1. The van der Waals surface area contributed by atoms with Gasteiger partial charge in [0, 0.05) is 38.2 Å². The number of rotatable bonds is 7. The van der Waals surface area contributed by atoms with Gasteiger partial charge in [0.2, 0.25) is 5.91 Å². The lowest BCUT2D eigenvalue weighted by atomic mass is 9.79. The van der Waals surface area contributed by atoms with Gasteiger partial charge in [-0.05, 0) is 81.1 Å². The summed E-state index contributed by atoms with van der Waals surface area (Å²) in [6.07, 6.45) is -0.386. The smallest absolute Gasteiger partial charge is 0.420 e. The van der Waals surface area contributed by atoms with Crippen LogP contribution in [0.1, 0.15) is 55.7 Å². The summed E-state index contributed by atoms with van der Waals surface area (Å²) >= 11 is 5.99. The van der Waals surface area contributed by atoms with Crippen molar-refractivity contribution in [2.75, 3.05) is 39.3 Å². The van der Waals surface area contributed by atoms with E-state index in [1.807, 2.05) is 30.3 Å². The molecule has 0 aliphatic carbocycles. The number of nitrogens with one attached hydrogen (secondary N) is 3. The first kappa shape index (κ1) is 34.8. The fourth-order valence-electron chi connectivity index (χ4n) is 7.42. The Labute approximate surface area is 286 Å². The summed E-state index contributed by atoms with van der Waals surface area (Å²) in [7, 11) is 0. The van der Waals surface area contributed by atoms with Gasteiger partial charge in [-0.2, -0.15) is 13.2 Å². The molecule has 4 heterocycles. The molecule has 264 valence electrons. The van der Waals surface area contributed by atoms with Crippen LogP contribution in [0, 0.1) is 11.8 Å². The van der Waals surface area contributed by atoms with Crippen molar-refractivity contribution in [2.45, 2.75) is 63.2 Å². The summed E-state index contributed by atoms with van der Waals surface area (Å²) < 4.78 is 42.5. The first-order valence-corrected chi connectivity index (χ1v) is 17.2. The minimum atomic E-state index is -4.87. The summed E-state index contributed by atoms with van der Waals surface area (Å²) in [6, 6.07) is 9.30. The second-order valence-electron chi connectivity index (χ2n) is 13.2. The lowest BCUT2D eigenvalue weighted by Gasteiger charge is -2.39. The van der Waals surface area contributed by atoms with Gasteiger partial charge in [-0.15, -0.1) is 5.10 Å². The molecule has 0 bridgehead atoms. The van der Waals surface area contributed by atoms with Crippen molar-refractivity contribution < 1.29 is 27.9 Å². The number of halogens is 4. The summed E-state index contributed by atoms with van der Waals surface area (Å²) in [4.78, 5) is 46.3. The molecule has 3 aliphatic rings. The molecule has 15 heteroatoms. The second kappa shape index (κ2) is 14.8. The highest BCUT2D eigenvalue weighted by Gasteiger charge is 2.37. The van der Waals surface area contributed by atoms with E-state index >= 15 is 0 Å². The minimum Gasteiger partial charge on any atom is -0.506 e. The van der Waals surface area contributed by atoms with E-state index in [1.165, 1.54) is 10.7 Å². The number of H-pyrrole nitrogens is 1. The molecule has 3 fully saturated rings. The average Bonchev–Trinajstić information content (AvgIpc) is 3.51. The molecule has 3 amide bonds. The van der Waals surface area contributed by atoms with Gasteiger partial charge in [0.15, 0.2) is 5.82 Å². The quantitative estimate of drug-likeness (QED) is 0.279. The standard InChI is InChI=1S/C34H41ClF3N7O4/c35-27-19-21(18-26(29(27)46)34(36,37)38)20-28(31(47)43-14-8-23(9-15-43)22-6-12-39-13-7-22)40-32(48)44-16-10-25(11-17-44)45-33(49)41-30(42-45)24-4-2-1-3-5-24/h1-5,18-19,22-23,25,28,39,46H,6-17,20H2,(H,40,48)(H,41,42,49)/t28-/m1/s1. The van der Waals surface area contributed by atoms with Gasteiger partial charge in [0.25, 0.3) is 0 Å². The highest BCUT2D eigenvalue weighted by Crippen LogP contribution is 2.40. The number of aromatic nitrogens is 3. The van der Waals surface area contributed by atoms with Gasteiger partial charge < -0.3 is 25.5 Å². The summed E-state index contributed by atoms with van der Waals surface area (Å²) in [5, 5.41) is 20.2. The number of amides is 3. The fourth-order valence-corrected chi connectivity index (χ4v) is 7.66. The molecule has 1 atom stereocenters. The number of carbonyl (C=O) groups is 2. The largest absolute Gasteiger partial charge is 0.506 e. The van der Waals surface area contributed by atoms with Crippen molar-refractivity contribution in [1.82, 2.24) is 35.2 Å². The van der Waals surface area contributed by atoms with Crippen LogP contribution in [0.2, 0.25) is 5.02 Å². The maximum absolute atomic E-state index is 14.0. The third-order valence-electron chi connectivity index (χ3n) is 10.2. The van der Waals surface area contributed by atoms with Crippen LogP contribution >= 0.6 is 11.6 Å². The molecule has 0 saturated carbocycles. The first-order valence-electron chi connectivity index (χ1n) is 16.9. The molecule has 0 radical (unpaired) electrons. The maximum Gasteiger partial charge on any atom is 0.420 e. The zero-order valence-electron chi connectivity index (χ0n) is 27.0. The van der Waals surface area contributed by atoms with Crippen molar-refractivity contribution in [1.29, 1.82) is 0 Å². The van der Waals surface area contributed by atoms with Crippen LogP contribution < -0.4 is 16.3 Å². The number of hydrogen-bond acceptors (Lipinski definition) is 6. The van der Waals surface area contributed by atoms with Crippen LogP contribution in [0.15, 0.2) is 47.3 Å². The molecule has 3 saturated heterocycles. The van der Waals surface area contributed by atoms with E-state index in [-0.39, 0.29) is 42.7 Å². The zero-order valence-corrected chi connectivity index (χ0v) is 27.8. The Bertz CT molecular complexity index is 1680. The summed E-state index contributed by atoms with van der Waals surface area (Å²) in [6.45, 7) is 3.52. The Balaban J connectivity index is 1.14. The van der Waals surface area contributed by atoms with E-state index in [4.69, 9.17) is 11.6 Å². The average molecular weight is 704 g/mol. The fraction of sp³-hybridized carbons (Fsp3) is 0.529. The van der Waals surface area contributed by atoms with Crippen LogP contribution in [0.3, 0.4) is 0 Å². The molecule has 3 aliphatic heterocycles. The number of hydrogen-bond donors (Lipinski definition) is 4. The van der Waals surface area contributed by atoms with Crippen LogP contribution in [-0.2, 0) is 17.4 Å². The van der Waals surface area contributed by atoms with Gasteiger partial charge in [-0.25, -0.2) is 14.3 Å². The zero-order chi connectivity index (χ0) is 34.7. The highest BCUT2D eigenvalue weighted by atomic mass is 35.5. The number of aromatic hydroxyl groups is 1. The van der Waals surface area contributed by atoms with Crippen molar-refractivity contribution in [3.05, 3.63) is 69.1 Å². The molecule has 4 N–H and O–H groups in total. The number of aromatic amines is 1. The van der Waals surface area contributed by atoms with Gasteiger partial charge in [-0.3, -0.25) is 9.78 Å². The van der Waals surface area contributed by atoms with E-state index in [0.717, 1.165) is 50.4 Å². The number of carbonyl (C=O) groups excluding carboxylic acids is 2. The molecule has 2 aromatic carbocycles. The van der Waals surface area contributed by atoms with Crippen LogP contribution in [0.4, 0.5) is 18.0 Å². The molecule has 1 aromatic heterocycles. The molecule has 0 spiro atoms. The van der Waals surface area contributed by atoms with Crippen molar-refractivity contribution >= 4 is 23.5 Å². The van der Waals surface area contributed by atoms with Crippen molar-refractivity contribution in [3.63, 3.8) is 0 Å². The number of likely N-dealkylation sites (tertiary alicyclic amines) is 2. The minimum absolute atomic E-state index is 0.0594. The number of piperidine rings is 3. The highest BCUT2D eigenvalue weighted by molar-refractivity contribution is 6.32. The van der Waals surface area contributed by atoms with Crippen LogP contribution in [-0.4, -0.2) is 86.9 Å². The van der Waals surface area contributed by atoms with E-state index < -0.39 is 34.6 Å². The first-order chi connectivity index (χ1) is 23.5. The van der Waals surface area contributed by atoms with Crippen molar-refractivity contribution in [2.24, 2.45) is 11.8 Å². The molecule has 6 rings (SSSR count). The van der Waals surface area contributed by atoms with E-state index in [1.54, 1.807) is 9.80 Å². The SMILES string of the molecule is O=C(N[C@H](Cc1cc(Cl)c(O)c(C(F)(F)F)c1)C(=O)N1CCC(C2CCNCC2)CC1)N1CCC(n2nc(-c3ccccc3)[nH]c2=O)CC1. The van der Waals surface area contributed by atoms with E-state index in [9.17, 15) is 32.7 Å². The lowest BCUT2D eigenvalue weighted by Crippen LogP contribution is -2.55. The third-order valence-corrected chi connectivity index (χ3v) is 10.4. The third kappa shape index (κ3) is 8.07. The van der Waals surface area contributed by atoms with Gasteiger partial charge >= 0.3 is 17.9 Å². The number of urea groups is 1. The maximum atomic E-state index is 14.0. The predicted octanol–water partition coefficient (Wildman–Crippen LogP) is 4.81. The van der Waals surface area contributed by atoms with E-state index in [0.29, 0.717) is 43.6 Å². The number of alkyl halides is 3. The Morgan fingerprint density at radius 2 is 1.59 bits per heavy atom. The number of nitrogens with zero attached hydrogens (tertiary/aromatic N) is 4. The number of phenols is 1. The Kier molecular flexibility index (Phi) is 10.5. The van der Waals surface area contributed by atoms with Crippen LogP contribution in [0.5, 0.6) is 5.75 Å². The normalized spacial score (nSPS) is 19.2. The second-order valence-corrected chi connectivity index (χ2v) is 13.6. The predicted molar refractivity (Wildman–Crippen MR) is 177 cm³/mol. The molecular formula is C34H41ClF3N7O4. The summed E-state index contributed by atoms with van der Waals surface area (Å²) in [5.41, 5.74) is -0.814. The Morgan fingerprint density at radius 1 is 0.959 bits per heavy atom.